The number of pyridine rings is 2. The maximum Gasteiger partial charge on any atom is 0.262 e. The number of aryl methyl sites for hydroxylation is 1. The maximum atomic E-state index is 13.2. The lowest BCUT2D eigenvalue weighted by molar-refractivity contribution is -0.136. The van der Waals surface area contributed by atoms with Gasteiger partial charge < -0.3 is 23.7 Å². The second-order valence-electron chi connectivity index (χ2n) is 14.4. The minimum Gasteiger partial charge on any atom is -0.496 e. The van der Waals surface area contributed by atoms with Crippen molar-refractivity contribution in [2.45, 2.75) is 38.4 Å². The van der Waals surface area contributed by atoms with E-state index in [1.807, 2.05) is 43.4 Å². The van der Waals surface area contributed by atoms with Crippen molar-refractivity contribution in [3.63, 3.8) is 0 Å². The Kier molecular flexibility index (Phi) is 10.3. The number of anilines is 1. The molecule has 1 unspecified atom stereocenters. The summed E-state index contributed by atoms with van der Waals surface area (Å²) in [6, 6.07) is 9.74. The summed E-state index contributed by atoms with van der Waals surface area (Å²) in [6.45, 7) is 6.28. The normalized spacial score (nSPS) is 18.4. The number of piperazine rings is 1. The van der Waals surface area contributed by atoms with Crippen molar-refractivity contribution in [1.29, 1.82) is 0 Å². The number of imide groups is 2. The third kappa shape index (κ3) is 7.12. The van der Waals surface area contributed by atoms with Gasteiger partial charge in [-0.2, -0.15) is 0 Å². The second kappa shape index (κ2) is 15.1. The Balaban J connectivity index is 0.996. The number of fused-ring (bicyclic) bond motifs is 2. The van der Waals surface area contributed by atoms with E-state index >= 15 is 0 Å². The molecule has 4 amide bonds. The first-order valence-electron chi connectivity index (χ1n) is 18.2. The van der Waals surface area contributed by atoms with E-state index in [9.17, 15) is 24.0 Å². The molecule has 2 saturated heterocycles. The number of aromatic nitrogens is 2. The number of methoxy groups -OCH3 is 2. The number of benzene rings is 2. The highest BCUT2D eigenvalue weighted by Gasteiger charge is 2.44. The molecule has 15 heteroatoms. The standard InChI is InChI=1S/C40H45N7O8/c1-23(22-55-25-7-8-26-28(17-25)40(52)47(39(26)51)32-9-10-36(48)42-37(32)49)46-13-11-45(12-14-46)21-31-33(53-5)15-24(16-34(31)54-6)30-20-44(4)38(50)29-19-41-35(43(2)3)18-27(29)30/h7-8,15-20,23,32H,9-14,21-22H2,1-6H3,(H,42,48,49)/t23-,32?/m1/s1. The zero-order valence-electron chi connectivity index (χ0n) is 31.9. The monoisotopic (exact) mass is 751 g/mol. The van der Waals surface area contributed by atoms with E-state index in [0.717, 1.165) is 59.0 Å². The second-order valence-corrected chi connectivity index (χ2v) is 14.4. The molecule has 0 aliphatic carbocycles. The number of nitrogens with one attached hydrogen (secondary N) is 1. The van der Waals surface area contributed by atoms with Crippen LogP contribution in [0.4, 0.5) is 5.82 Å². The summed E-state index contributed by atoms with van der Waals surface area (Å²) in [4.78, 5) is 75.3. The van der Waals surface area contributed by atoms with Crippen LogP contribution in [0.1, 0.15) is 46.0 Å². The van der Waals surface area contributed by atoms with Crippen molar-refractivity contribution >= 4 is 40.2 Å². The number of rotatable bonds is 11. The molecule has 0 radical (unpaired) electrons. The Morgan fingerprint density at radius 1 is 0.891 bits per heavy atom. The fraction of sp³-hybridized carbons (Fsp3) is 0.400. The molecule has 1 N–H and O–H groups in total. The summed E-state index contributed by atoms with van der Waals surface area (Å²) in [6.07, 6.45) is 3.63. The van der Waals surface area contributed by atoms with E-state index in [2.05, 4.69) is 27.0 Å². The molecular weight excluding hydrogens is 706 g/mol. The van der Waals surface area contributed by atoms with Crippen molar-refractivity contribution in [1.82, 2.24) is 29.6 Å². The van der Waals surface area contributed by atoms with Crippen LogP contribution >= 0.6 is 0 Å². The van der Waals surface area contributed by atoms with Gasteiger partial charge in [0.15, 0.2) is 0 Å². The number of nitrogens with zero attached hydrogens (tertiary/aromatic N) is 6. The molecule has 3 aliphatic rings. The smallest absolute Gasteiger partial charge is 0.262 e. The third-order valence-electron chi connectivity index (χ3n) is 10.7. The third-order valence-corrected chi connectivity index (χ3v) is 10.7. The molecule has 3 aliphatic heterocycles. The SMILES string of the molecule is COc1cc(-c2cn(C)c(=O)c3cnc(N(C)C)cc23)cc(OC)c1CN1CCN([C@H](C)COc2ccc3c(c2)C(=O)N(C2CCC(=O)NC2=O)C3=O)CC1. The van der Waals surface area contributed by atoms with Crippen LogP contribution in [-0.2, 0) is 23.2 Å². The van der Waals surface area contributed by atoms with Gasteiger partial charge in [-0.15, -0.1) is 0 Å². The Morgan fingerprint density at radius 3 is 2.24 bits per heavy atom. The van der Waals surface area contributed by atoms with E-state index in [4.69, 9.17) is 14.2 Å². The average molecular weight is 752 g/mol. The Labute approximate surface area is 318 Å². The number of carbonyl (C=O) groups excluding carboxylic acids is 4. The number of hydrogen-bond donors (Lipinski definition) is 1. The predicted octanol–water partition coefficient (Wildman–Crippen LogP) is 2.67. The fourth-order valence-electron chi connectivity index (χ4n) is 7.57. The number of amides is 4. The van der Waals surface area contributed by atoms with Gasteiger partial charge in [-0.1, -0.05) is 0 Å². The average Bonchev–Trinajstić information content (AvgIpc) is 3.43. The highest BCUT2D eigenvalue weighted by atomic mass is 16.5. The van der Waals surface area contributed by atoms with Gasteiger partial charge in [0.25, 0.3) is 17.4 Å². The highest BCUT2D eigenvalue weighted by Crippen LogP contribution is 2.38. The van der Waals surface area contributed by atoms with E-state index in [0.29, 0.717) is 35.8 Å². The first-order valence-corrected chi connectivity index (χ1v) is 18.2. The molecule has 2 fully saturated rings. The van der Waals surface area contributed by atoms with Gasteiger partial charge in [-0.25, -0.2) is 4.98 Å². The molecule has 0 saturated carbocycles. The van der Waals surface area contributed by atoms with Crippen molar-refractivity contribution in [3.8, 4) is 28.4 Å². The van der Waals surface area contributed by atoms with Crippen molar-refractivity contribution in [3.05, 3.63) is 75.8 Å². The Hall–Kier alpha value is -5.80. The highest BCUT2D eigenvalue weighted by molar-refractivity contribution is 6.23. The molecule has 2 aromatic heterocycles. The van der Waals surface area contributed by atoms with Crippen LogP contribution in [0.15, 0.2) is 53.6 Å². The van der Waals surface area contributed by atoms with Gasteiger partial charge in [-0.3, -0.25) is 44.0 Å². The van der Waals surface area contributed by atoms with Gasteiger partial charge in [0.1, 0.15) is 35.7 Å². The number of carbonyl (C=O) groups is 4. The molecular formula is C40H45N7O8. The molecule has 2 atom stereocenters. The van der Waals surface area contributed by atoms with Gasteiger partial charge in [0, 0.05) is 89.7 Å². The zero-order chi connectivity index (χ0) is 39.1. The van der Waals surface area contributed by atoms with Gasteiger partial charge in [-0.05, 0) is 55.3 Å². The van der Waals surface area contributed by atoms with E-state index in [-0.39, 0.29) is 35.6 Å². The Bertz CT molecular complexity index is 2240. The zero-order valence-corrected chi connectivity index (χ0v) is 31.9. The molecule has 15 nitrogen and oxygen atoms in total. The van der Waals surface area contributed by atoms with Crippen LogP contribution in [0.5, 0.6) is 17.2 Å². The molecule has 0 bridgehead atoms. The van der Waals surface area contributed by atoms with Crippen LogP contribution in [-0.4, -0.2) is 121 Å². The summed E-state index contributed by atoms with van der Waals surface area (Å²) in [7, 11) is 8.86. The topological polar surface area (TPSA) is 156 Å². The summed E-state index contributed by atoms with van der Waals surface area (Å²) in [5.41, 5.74) is 2.94. The molecule has 4 aromatic rings. The van der Waals surface area contributed by atoms with Gasteiger partial charge >= 0.3 is 0 Å². The molecule has 5 heterocycles. The number of hydrogen-bond acceptors (Lipinski definition) is 12. The van der Waals surface area contributed by atoms with Crippen molar-refractivity contribution < 1.29 is 33.4 Å². The summed E-state index contributed by atoms with van der Waals surface area (Å²) in [5, 5.41) is 3.54. The lowest BCUT2D eigenvalue weighted by Gasteiger charge is -2.38. The summed E-state index contributed by atoms with van der Waals surface area (Å²) < 4.78 is 19.6. The quantitative estimate of drug-likeness (QED) is 0.224. The van der Waals surface area contributed by atoms with Crippen LogP contribution in [0.3, 0.4) is 0 Å². The minimum absolute atomic E-state index is 0.0634. The van der Waals surface area contributed by atoms with Crippen molar-refractivity contribution in [2.24, 2.45) is 7.05 Å². The Morgan fingerprint density at radius 2 is 1.58 bits per heavy atom. The van der Waals surface area contributed by atoms with Crippen LogP contribution in [0.25, 0.3) is 21.9 Å². The van der Waals surface area contributed by atoms with Gasteiger partial charge in [0.05, 0.1) is 36.3 Å². The first kappa shape index (κ1) is 37.5. The van der Waals surface area contributed by atoms with Crippen LogP contribution in [0, 0.1) is 0 Å². The molecule has 0 spiro atoms. The predicted molar refractivity (Wildman–Crippen MR) is 205 cm³/mol. The minimum atomic E-state index is -1.02. The lowest BCUT2D eigenvalue weighted by Crippen LogP contribution is -2.54. The van der Waals surface area contributed by atoms with Crippen molar-refractivity contribution in [2.75, 3.05) is 66.0 Å². The largest absolute Gasteiger partial charge is 0.496 e. The van der Waals surface area contributed by atoms with E-state index in [1.165, 1.54) is 0 Å². The molecule has 2 aromatic carbocycles. The number of piperidine rings is 1. The van der Waals surface area contributed by atoms with Crippen LogP contribution in [0.2, 0.25) is 0 Å². The van der Waals surface area contributed by atoms with Gasteiger partial charge in [0.2, 0.25) is 11.8 Å². The number of ether oxygens (including phenoxy) is 3. The van der Waals surface area contributed by atoms with E-state index < -0.39 is 29.7 Å². The molecule has 7 rings (SSSR count). The summed E-state index contributed by atoms with van der Waals surface area (Å²) in [5.74, 6) is 0.414. The molecule has 55 heavy (non-hydrogen) atoms. The summed E-state index contributed by atoms with van der Waals surface area (Å²) >= 11 is 0. The lowest BCUT2D eigenvalue weighted by atomic mass is 9.98. The first-order chi connectivity index (χ1) is 26.4. The molecule has 288 valence electrons. The maximum absolute atomic E-state index is 13.2. The fourth-order valence-corrected chi connectivity index (χ4v) is 7.57. The van der Waals surface area contributed by atoms with Crippen LogP contribution < -0.4 is 30.0 Å². The van der Waals surface area contributed by atoms with E-state index in [1.54, 1.807) is 50.2 Å².